The number of carbonyl (C=O) groups is 1. The Bertz CT molecular complexity index is 613. The van der Waals surface area contributed by atoms with Gasteiger partial charge in [-0.3, -0.25) is 0 Å². The second kappa shape index (κ2) is 7.44. The Kier molecular flexibility index (Phi) is 5.10. The second-order valence-electron chi connectivity index (χ2n) is 6.33. The summed E-state index contributed by atoms with van der Waals surface area (Å²) in [4.78, 5) is 12.1. The maximum absolute atomic E-state index is 12.1. The number of dihydropyridines is 2. The zero-order valence-electron chi connectivity index (χ0n) is 13.8. The van der Waals surface area contributed by atoms with Gasteiger partial charge in [0.05, 0.1) is 11.4 Å². The summed E-state index contributed by atoms with van der Waals surface area (Å²) in [6.07, 6.45) is 11.8. The fourth-order valence-electron chi connectivity index (χ4n) is 3.30. The molecule has 1 fully saturated rings. The van der Waals surface area contributed by atoms with Crippen LogP contribution in [0.25, 0.3) is 0 Å². The molecule has 1 atom stereocenters. The molecule has 2 aliphatic heterocycles. The smallest absolute Gasteiger partial charge is 0.316 e. The predicted octanol–water partition coefficient (Wildman–Crippen LogP) is 0.256. The maximum atomic E-state index is 12.1. The Morgan fingerprint density at radius 1 is 1.29 bits per heavy atom. The van der Waals surface area contributed by atoms with Gasteiger partial charge in [0.1, 0.15) is 6.17 Å². The highest BCUT2D eigenvalue weighted by molar-refractivity contribution is 5.75. The molecule has 0 aromatic heterocycles. The Morgan fingerprint density at radius 2 is 2.08 bits per heavy atom. The van der Waals surface area contributed by atoms with Crippen molar-refractivity contribution in [3.8, 4) is 0 Å². The Labute approximate surface area is 142 Å². The minimum Gasteiger partial charge on any atom is -0.404 e. The lowest BCUT2D eigenvalue weighted by atomic mass is 10.0. The van der Waals surface area contributed by atoms with E-state index in [2.05, 4.69) is 21.3 Å². The summed E-state index contributed by atoms with van der Waals surface area (Å²) in [6.45, 7) is 1.08. The van der Waals surface area contributed by atoms with Crippen LogP contribution >= 0.6 is 0 Å². The minimum absolute atomic E-state index is 0.134. The molecule has 130 valence electrons. The summed E-state index contributed by atoms with van der Waals surface area (Å²) in [5.41, 5.74) is 15.2. The van der Waals surface area contributed by atoms with Gasteiger partial charge in [0, 0.05) is 19.1 Å². The molecular formula is C17H26N6O. The number of nitrogens with two attached hydrogens (primary N) is 2. The number of nitrogens with one attached hydrogen (secondary N) is 4. The largest absolute Gasteiger partial charge is 0.404 e. The lowest BCUT2D eigenvalue weighted by Crippen LogP contribution is -2.51. The van der Waals surface area contributed by atoms with Gasteiger partial charge in [-0.2, -0.15) is 0 Å². The zero-order chi connectivity index (χ0) is 16.9. The van der Waals surface area contributed by atoms with Crippen LogP contribution in [0.5, 0.6) is 0 Å². The van der Waals surface area contributed by atoms with Crippen LogP contribution in [0.3, 0.4) is 0 Å². The predicted molar refractivity (Wildman–Crippen MR) is 94.4 cm³/mol. The Morgan fingerprint density at radius 3 is 2.79 bits per heavy atom. The second-order valence-corrected chi connectivity index (χ2v) is 6.33. The van der Waals surface area contributed by atoms with Gasteiger partial charge in [0.25, 0.3) is 0 Å². The molecule has 2 heterocycles. The first-order chi connectivity index (χ1) is 11.7. The highest BCUT2D eigenvalue weighted by Gasteiger charge is 2.22. The van der Waals surface area contributed by atoms with Crippen LogP contribution in [-0.2, 0) is 0 Å². The van der Waals surface area contributed by atoms with E-state index in [1.165, 1.54) is 12.8 Å². The number of hydrogen-bond acceptors (Lipinski definition) is 5. The summed E-state index contributed by atoms with van der Waals surface area (Å²) in [7, 11) is 0. The van der Waals surface area contributed by atoms with Crippen molar-refractivity contribution in [1.29, 1.82) is 0 Å². The molecule has 7 heteroatoms. The van der Waals surface area contributed by atoms with Gasteiger partial charge in [-0.15, -0.1) is 0 Å². The van der Waals surface area contributed by atoms with Crippen LogP contribution < -0.4 is 32.7 Å². The molecule has 0 spiro atoms. The molecule has 1 unspecified atom stereocenters. The normalized spacial score (nSPS) is 24.0. The summed E-state index contributed by atoms with van der Waals surface area (Å²) in [6, 6.07) is 0.169. The fourth-order valence-corrected chi connectivity index (χ4v) is 3.30. The van der Waals surface area contributed by atoms with Crippen molar-refractivity contribution in [2.75, 3.05) is 13.1 Å². The highest BCUT2D eigenvalue weighted by Crippen LogP contribution is 2.20. The number of allylic oxidation sites excluding steroid dienone is 2. The lowest BCUT2D eigenvalue weighted by molar-refractivity contribution is 0.234. The van der Waals surface area contributed by atoms with Gasteiger partial charge in [0.2, 0.25) is 0 Å². The van der Waals surface area contributed by atoms with Crippen molar-refractivity contribution in [3.05, 3.63) is 47.0 Å². The van der Waals surface area contributed by atoms with E-state index in [1.54, 1.807) is 6.20 Å². The van der Waals surface area contributed by atoms with Crippen molar-refractivity contribution in [2.24, 2.45) is 11.5 Å². The molecule has 0 aromatic carbocycles. The molecule has 1 saturated carbocycles. The molecular weight excluding hydrogens is 304 g/mol. The molecule has 7 nitrogen and oxygen atoms in total. The molecule has 2 amide bonds. The van der Waals surface area contributed by atoms with Gasteiger partial charge in [-0.25, -0.2) is 4.79 Å². The van der Waals surface area contributed by atoms with E-state index < -0.39 is 0 Å². The third-order valence-corrected chi connectivity index (χ3v) is 4.65. The molecule has 0 saturated heterocycles. The van der Waals surface area contributed by atoms with Crippen LogP contribution in [0.15, 0.2) is 47.0 Å². The topological polar surface area (TPSA) is 117 Å². The molecule has 3 aliphatic rings. The average Bonchev–Trinajstić information content (AvgIpc) is 3.08. The van der Waals surface area contributed by atoms with Gasteiger partial charge in [-0.05, 0) is 48.4 Å². The van der Waals surface area contributed by atoms with E-state index in [4.69, 9.17) is 11.5 Å². The molecule has 24 heavy (non-hydrogen) atoms. The van der Waals surface area contributed by atoms with E-state index >= 15 is 0 Å². The number of amides is 2. The van der Waals surface area contributed by atoms with Gasteiger partial charge in [0.15, 0.2) is 0 Å². The van der Waals surface area contributed by atoms with Crippen molar-refractivity contribution in [1.82, 2.24) is 21.3 Å². The first-order valence-corrected chi connectivity index (χ1v) is 8.51. The van der Waals surface area contributed by atoms with Crippen molar-refractivity contribution in [2.45, 2.75) is 37.9 Å². The first-order valence-electron chi connectivity index (χ1n) is 8.51. The van der Waals surface area contributed by atoms with E-state index in [-0.39, 0.29) is 12.2 Å². The molecule has 0 bridgehead atoms. The van der Waals surface area contributed by atoms with Crippen LogP contribution in [0.2, 0.25) is 0 Å². The molecule has 3 rings (SSSR count). The lowest BCUT2D eigenvalue weighted by Gasteiger charge is -2.29. The quantitative estimate of drug-likeness (QED) is 0.442. The van der Waals surface area contributed by atoms with Gasteiger partial charge < -0.3 is 32.7 Å². The molecule has 8 N–H and O–H groups in total. The average molecular weight is 330 g/mol. The van der Waals surface area contributed by atoms with Crippen LogP contribution in [0, 0.1) is 0 Å². The van der Waals surface area contributed by atoms with Gasteiger partial charge >= 0.3 is 6.03 Å². The molecule has 1 aliphatic carbocycles. The van der Waals surface area contributed by atoms with E-state index in [1.807, 2.05) is 18.2 Å². The summed E-state index contributed by atoms with van der Waals surface area (Å²) < 4.78 is 0. The van der Waals surface area contributed by atoms with Crippen molar-refractivity contribution >= 4 is 6.03 Å². The van der Waals surface area contributed by atoms with Crippen LogP contribution in [-0.4, -0.2) is 31.3 Å². The minimum atomic E-state index is -0.245. The van der Waals surface area contributed by atoms with E-state index in [0.29, 0.717) is 19.1 Å². The molecule has 0 radical (unpaired) electrons. The van der Waals surface area contributed by atoms with Crippen molar-refractivity contribution < 1.29 is 4.79 Å². The summed E-state index contributed by atoms with van der Waals surface area (Å²) in [5.74, 6) is 0. The van der Waals surface area contributed by atoms with Crippen LogP contribution in [0.4, 0.5) is 4.79 Å². The monoisotopic (exact) mass is 330 g/mol. The number of rotatable bonds is 4. The number of hydrogen-bond donors (Lipinski definition) is 6. The van der Waals surface area contributed by atoms with E-state index in [9.17, 15) is 4.79 Å². The van der Waals surface area contributed by atoms with Gasteiger partial charge in [-0.1, -0.05) is 12.8 Å². The SMILES string of the molecule is N/C=C(\CN)C1=CC2=C(C=CC(NC(=O)NC3CCCC3)N2)NC1. The van der Waals surface area contributed by atoms with E-state index in [0.717, 1.165) is 35.4 Å². The highest BCUT2D eigenvalue weighted by atomic mass is 16.2. The molecule has 0 aromatic rings. The summed E-state index contributed by atoms with van der Waals surface area (Å²) in [5, 5.41) is 12.6. The Hall–Kier alpha value is -2.41. The summed E-state index contributed by atoms with van der Waals surface area (Å²) >= 11 is 0. The van der Waals surface area contributed by atoms with Crippen LogP contribution in [0.1, 0.15) is 25.7 Å². The third-order valence-electron chi connectivity index (χ3n) is 4.65. The number of urea groups is 1. The van der Waals surface area contributed by atoms with Crippen molar-refractivity contribution in [3.63, 3.8) is 0 Å². The first kappa shape index (κ1) is 16.4. The maximum Gasteiger partial charge on any atom is 0.316 e. The third kappa shape index (κ3) is 3.73. The Balaban J connectivity index is 1.60. The fraction of sp³-hybridized carbons (Fsp3) is 0.471. The number of carbonyl (C=O) groups excluding carboxylic acids is 1. The zero-order valence-corrected chi connectivity index (χ0v) is 13.8. The standard InChI is InChI=1S/C17H26N6O/c18-8-12(9-19)11-7-15-14(20-10-11)5-6-16(22-15)23-17(24)21-13-3-1-2-4-13/h5-8,13,16,20,22H,1-4,9-10,18-19H2,(H2,21,23,24)/b12-8+.